The van der Waals surface area contributed by atoms with E-state index in [4.69, 9.17) is 0 Å². The quantitative estimate of drug-likeness (QED) is 0.556. The van der Waals surface area contributed by atoms with Gasteiger partial charge in [0.15, 0.2) is 0 Å². The lowest BCUT2D eigenvalue weighted by atomic mass is 9.86. The van der Waals surface area contributed by atoms with Crippen molar-refractivity contribution in [3.8, 4) is 0 Å². The molecule has 0 aromatic carbocycles. The summed E-state index contributed by atoms with van der Waals surface area (Å²) in [6.07, 6.45) is 6.10. The van der Waals surface area contributed by atoms with Crippen molar-refractivity contribution >= 4 is 5.78 Å². The second kappa shape index (κ2) is 3.70. The summed E-state index contributed by atoms with van der Waals surface area (Å²) in [6, 6.07) is 0. The molecule has 1 aliphatic rings. The van der Waals surface area contributed by atoms with Crippen molar-refractivity contribution in [2.45, 2.75) is 39.5 Å². The fourth-order valence-electron chi connectivity index (χ4n) is 1.55. The molecule has 0 bridgehead atoms. The number of carbonyl (C=O) groups excluding carboxylic acids is 1. The molecule has 0 aromatic heterocycles. The summed E-state index contributed by atoms with van der Waals surface area (Å²) in [5.41, 5.74) is 1.45. The number of ketones is 1. The zero-order valence-electron chi connectivity index (χ0n) is 7.39. The largest absolute Gasteiger partial charge is 0.299 e. The molecule has 0 unspecified atom stereocenters. The molecule has 1 rings (SSSR count). The van der Waals surface area contributed by atoms with Gasteiger partial charge in [0.1, 0.15) is 5.78 Å². The van der Waals surface area contributed by atoms with Gasteiger partial charge in [-0.1, -0.05) is 18.6 Å². The first-order chi connectivity index (χ1) is 5.24. The van der Waals surface area contributed by atoms with Crippen LogP contribution >= 0.6 is 0 Å². The molecular weight excluding hydrogens is 136 g/mol. The second-order valence-electron chi connectivity index (χ2n) is 3.34. The van der Waals surface area contributed by atoms with Gasteiger partial charge < -0.3 is 0 Å². The summed E-state index contributed by atoms with van der Waals surface area (Å²) in [7, 11) is 0. The maximum absolute atomic E-state index is 11.2. The van der Waals surface area contributed by atoms with Crippen molar-refractivity contribution < 1.29 is 4.79 Å². The van der Waals surface area contributed by atoms with E-state index in [1.165, 1.54) is 5.57 Å². The minimum Gasteiger partial charge on any atom is -0.299 e. The third-order valence-corrected chi connectivity index (χ3v) is 2.44. The smallest absolute Gasteiger partial charge is 0.136 e. The number of hydrogen-bond donors (Lipinski definition) is 0. The number of rotatable bonds is 2. The third-order valence-electron chi connectivity index (χ3n) is 2.44. The summed E-state index contributed by atoms with van der Waals surface area (Å²) in [5.74, 6) is 0.775. The summed E-state index contributed by atoms with van der Waals surface area (Å²) >= 11 is 0. The number of carbonyl (C=O) groups is 1. The first-order valence-electron chi connectivity index (χ1n) is 4.42. The predicted molar refractivity (Wildman–Crippen MR) is 46.4 cm³/mol. The van der Waals surface area contributed by atoms with E-state index in [2.05, 4.69) is 13.0 Å². The summed E-state index contributed by atoms with van der Waals surface area (Å²) in [5, 5.41) is 0. The normalized spacial score (nSPS) is 24.5. The Labute approximate surface area is 68.5 Å². The van der Waals surface area contributed by atoms with Gasteiger partial charge in [-0.15, -0.1) is 0 Å². The van der Waals surface area contributed by atoms with E-state index in [-0.39, 0.29) is 0 Å². The van der Waals surface area contributed by atoms with Gasteiger partial charge in [0.05, 0.1) is 0 Å². The molecule has 0 N–H and O–H groups in total. The van der Waals surface area contributed by atoms with E-state index in [0.29, 0.717) is 18.1 Å². The van der Waals surface area contributed by atoms with Gasteiger partial charge in [-0.25, -0.2) is 0 Å². The van der Waals surface area contributed by atoms with Crippen LogP contribution in [-0.2, 0) is 4.79 Å². The van der Waals surface area contributed by atoms with E-state index in [9.17, 15) is 4.79 Å². The van der Waals surface area contributed by atoms with Gasteiger partial charge in [-0.3, -0.25) is 4.79 Å². The van der Waals surface area contributed by atoms with Crippen molar-refractivity contribution in [2.75, 3.05) is 0 Å². The van der Waals surface area contributed by atoms with Gasteiger partial charge in [-0.05, 0) is 26.2 Å². The minimum absolute atomic E-state index is 0.337. The van der Waals surface area contributed by atoms with Crippen LogP contribution in [-0.4, -0.2) is 5.78 Å². The Morgan fingerprint density at radius 1 is 1.73 bits per heavy atom. The maximum Gasteiger partial charge on any atom is 0.136 e. The van der Waals surface area contributed by atoms with Crippen LogP contribution in [0.5, 0.6) is 0 Å². The van der Waals surface area contributed by atoms with E-state index in [1.807, 2.05) is 6.92 Å². The molecule has 0 heterocycles. The van der Waals surface area contributed by atoms with E-state index in [1.54, 1.807) is 0 Å². The predicted octanol–water partition coefficient (Wildman–Crippen LogP) is 2.71. The first-order valence-corrected chi connectivity index (χ1v) is 4.42. The van der Waals surface area contributed by atoms with E-state index in [0.717, 1.165) is 19.3 Å². The number of Topliss-reactive ketones (excluding diaryl/α,β-unsaturated/α-hetero) is 1. The molecule has 0 radical (unpaired) electrons. The van der Waals surface area contributed by atoms with Crippen LogP contribution in [0, 0.1) is 5.92 Å². The highest BCUT2D eigenvalue weighted by Gasteiger charge is 2.17. The van der Waals surface area contributed by atoms with Crippen molar-refractivity contribution in [1.82, 2.24) is 0 Å². The summed E-state index contributed by atoms with van der Waals surface area (Å²) < 4.78 is 0. The molecule has 11 heavy (non-hydrogen) atoms. The lowest BCUT2D eigenvalue weighted by Gasteiger charge is -2.18. The van der Waals surface area contributed by atoms with Gasteiger partial charge in [0, 0.05) is 12.3 Å². The zero-order valence-corrected chi connectivity index (χ0v) is 7.39. The SMILES string of the molecule is CCC(=O)[C@H]1CC=C(C)CC1. The highest BCUT2D eigenvalue weighted by molar-refractivity contribution is 5.81. The second-order valence-corrected chi connectivity index (χ2v) is 3.34. The van der Waals surface area contributed by atoms with Crippen LogP contribution < -0.4 is 0 Å². The Bertz CT molecular complexity index is 179. The van der Waals surface area contributed by atoms with E-state index >= 15 is 0 Å². The molecule has 1 aliphatic carbocycles. The molecule has 0 spiro atoms. The Morgan fingerprint density at radius 3 is 2.91 bits per heavy atom. The highest BCUT2D eigenvalue weighted by Crippen LogP contribution is 2.24. The van der Waals surface area contributed by atoms with Gasteiger partial charge in [0.2, 0.25) is 0 Å². The first kappa shape index (κ1) is 8.51. The average molecular weight is 152 g/mol. The van der Waals surface area contributed by atoms with Gasteiger partial charge in [0.25, 0.3) is 0 Å². The molecule has 0 saturated heterocycles. The van der Waals surface area contributed by atoms with Crippen LogP contribution in [0.15, 0.2) is 11.6 Å². The molecule has 0 saturated carbocycles. The molecular formula is C10H16O. The molecule has 1 atom stereocenters. The summed E-state index contributed by atoms with van der Waals surface area (Å²) in [6.45, 7) is 4.10. The Morgan fingerprint density at radius 2 is 2.45 bits per heavy atom. The van der Waals surface area contributed by atoms with Crippen LogP contribution in [0.3, 0.4) is 0 Å². The lowest BCUT2D eigenvalue weighted by Crippen LogP contribution is -2.15. The van der Waals surface area contributed by atoms with Crippen molar-refractivity contribution in [1.29, 1.82) is 0 Å². The zero-order chi connectivity index (χ0) is 8.27. The third kappa shape index (κ3) is 2.18. The van der Waals surface area contributed by atoms with Crippen LogP contribution in [0.2, 0.25) is 0 Å². The Kier molecular flexibility index (Phi) is 2.86. The number of hydrogen-bond acceptors (Lipinski definition) is 1. The van der Waals surface area contributed by atoms with Crippen LogP contribution in [0.4, 0.5) is 0 Å². The standard InChI is InChI=1S/C10H16O/c1-3-10(11)9-6-4-8(2)5-7-9/h4,9H,3,5-7H2,1-2H3/t9-/m0/s1. The van der Waals surface area contributed by atoms with Crippen molar-refractivity contribution in [3.05, 3.63) is 11.6 Å². The molecule has 0 amide bonds. The summed E-state index contributed by atoms with van der Waals surface area (Å²) in [4.78, 5) is 11.2. The Hall–Kier alpha value is -0.590. The molecule has 1 heteroatoms. The topological polar surface area (TPSA) is 17.1 Å². The fraction of sp³-hybridized carbons (Fsp3) is 0.700. The van der Waals surface area contributed by atoms with Gasteiger partial charge in [-0.2, -0.15) is 0 Å². The molecule has 62 valence electrons. The van der Waals surface area contributed by atoms with Gasteiger partial charge >= 0.3 is 0 Å². The lowest BCUT2D eigenvalue weighted by molar-refractivity contribution is -0.122. The average Bonchev–Trinajstić information content (AvgIpc) is 2.05. The molecule has 0 aromatic rings. The highest BCUT2D eigenvalue weighted by atomic mass is 16.1. The van der Waals surface area contributed by atoms with Crippen molar-refractivity contribution in [2.24, 2.45) is 5.92 Å². The minimum atomic E-state index is 0.337. The van der Waals surface area contributed by atoms with Crippen molar-refractivity contribution in [3.63, 3.8) is 0 Å². The monoisotopic (exact) mass is 152 g/mol. The van der Waals surface area contributed by atoms with E-state index < -0.39 is 0 Å². The molecule has 0 fully saturated rings. The van der Waals surface area contributed by atoms with Crippen LogP contribution in [0.1, 0.15) is 39.5 Å². The maximum atomic E-state index is 11.2. The molecule has 0 aliphatic heterocycles. The Balaban J connectivity index is 2.47. The molecule has 1 nitrogen and oxygen atoms in total. The van der Waals surface area contributed by atoms with Crippen LogP contribution in [0.25, 0.3) is 0 Å². The number of allylic oxidation sites excluding steroid dienone is 2. The fourth-order valence-corrected chi connectivity index (χ4v) is 1.55.